The van der Waals surface area contributed by atoms with Crippen LogP contribution in [0.15, 0.2) is 36.4 Å². The Balaban J connectivity index is 1.76. The van der Waals surface area contributed by atoms with Crippen LogP contribution in [0.1, 0.15) is 30.5 Å². The van der Waals surface area contributed by atoms with Gasteiger partial charge in [-0.2, -0.15) is 0 Å². The van der Waals surface area contributed by atoms with Gasteiger partial charge in [-0.05, 0) is 42.7 Å². The van der Waals surface area contributed by atoms with E-state index >= 15 is 0 Å². The Kier molecular flexibility index (Phi) is 3.28. The Hall–Kier alpha value is -2.16. The maximum atomic E-state index is 5.77. The number of anilines is 1. The summed E-state index contributed by atoms with van der Waals surface area (Å²) in [6, 6.07) is 12.4. The number of ether oxygens (including phenoxy) is 2. The predicted molar refractivity (Wildman–Crippen MR) is 85.0 cm³/mol. The van der Waals surface area contributed by atoms with Crippen LogP contribution in [0.4, 0.5) is 5.69 Å². The maximum absolute atomic E-state index is 5.77. The summed E-state index contributed by atoms with van der Waals surface area (Å²) in [7, 11) is 0. The molecular weight excluding hydrogens is 262 g/mol. The van der Waals surface area contributed by atoms with Crippen molar-refractivity contribution in [1.82, 2.24) is 0 Å². The lowest BCUT2D eigenvalue weighted by molar-refractivity contribution is -0.0431. The van der Waals surface area contributed by atoms with Gasteiger partial charge < -0.3 is 14.8 Å². The lowest BCUT2D eigenvalue weighted by Crippen LogP contribution is -2.29. The summed E-state index contributed by atoms with van der Waals surface area (Å²) in [6.45, 7) is 8.92. The number of hydrogen-bond acceptors (Lipinski definition) is 3. The Morgan fingerprint density at radius 3 is 2.33 bits per heavy atom. The van der Waals surface area contributed by atoms with Crippen molar-refractivity contribution in [3.8, 4) is 11.5 Å². The fourth-order valence-corrected chi connectivity index (χ4v) is 2.65. The van der Waals surface area contributed by atoms with E-state index in [9.17, 15) is 0 Å². The first-order valence-corrected chi connectivity index (χ1v) is 7.26. The number of nitrogens with one attached hydrogen (secondary N) is 1. The van der Waals surface area contributed by atoms with Crippen LogP contribution in [-0.4, -0.2) is 5.79 Å². The molecule has 1 aliphatic rings. The van der Waals surface area contributed by atoms with Crippen LogP contribution in [0.3, 0.4) is 0 Å². The van der Waals surface area contributed by atoms with E-state index in [1.54, 1.807) is 0 Å². The zero-order chi connectivity index (χ0) is 15.0. The molecule has 3 heteroatoms. The third-order valence-corrected chi connectivity index (χ3v) is 3.77. The number of rotatable bonds is 3. The molecule has 0 unspecified atom stereocenters. The number of benzene rings is 2. The molecule has 0 radical (unpaired) electrons. The van der Waals surface area contributed by atoms with Crippen LogP contribution in [0.5, 0.6) is 11.5 Å². The second kappa shape index (κ2) is 4.99. The van der Waals surface area contributed by atoms with E-state index in [-0.39, 0.29) is 0 Å². The topological polar surface area (TPSA) is 30.5 Å². The molecule has 3 rings (SSSR count). The fraction of sp³-hybridized carbons (Fsp3) is 0.333. The largest absolute Gasteiger partial charge is 0.449 e. The quantitative estimate of drug-likeness (QED) is 0.904. The molecule has 2 aromatic rings. The van der Waals surface area contributed by atoms with Crippen molar-refractivity contribution in [2.75, 3.05) is 5.32 Å². The number of aryl methyl sites for hydroxylation is 2. The second-order valence-corrected chi connectivity index (χ2v) is 5.99. The van der Waals surface area contributed by atoms with Gasteiger partial charge in [0.1, 0.15) is 0 Å². The molecular formula is C18H21NO2. The van der Waals surface area contributed by atoms with Crippen LogP contribution in [0, 0.1) is 13.8 Å². The lowest BCUT2D eigenvalue weighted by Gasteiger charge is -2.16. The molecule has 0 spiro atoms. The average molecular weight is 283 g/mol. The molecule has 1 heterocycles. The molecule has 21 heavy (non-hydrogen) atoms. The van der Waals surface area contributed by atoms with Crippen LogP contribution >= 0.6 is 0 Å². The molecule has 1 N–H and O–H groups in total. The minimum Gasteiger partial charge on any atom is -0.449 e. The van der Waals surface area contributed by atoms with E-state index in [2.05, 4.69) is 37.4 Å². The normalized spacial score (nSPS) is 15.0. The summed E-state index contributed by atoms with van der Waals surface area (Å²) in [6.07, 6.45) is 0. The van der Waals surface area contributed by atoms with Crippen LogP contribution in [0.2, 0.25) is 0 Å². The van der Waals surface area contributed by atoms with E-state index in [0.29, 0.717) is 0 Å². The van der Waals surface area contributed by atoms with Gasteiger partial charge in [0.15, 0.2) is 11.5 Å². The third kappa shape index (κ3) is 2.82. The van der Waals surface area contributed by atoms with Crippen molar-refractivity contribution in [3.63, 3.8) is 0 Å². The van der Waals surface area contributed by atoms with Gasteiger partial charge in [0.2, 0.25) is 5.79 Å². The van der Waals surface area contributed by atoms with Crippen molar-refractivity contribution in [2.24, 2.45) is 0 Å². The Labute approximate surface area is 125 Å². The van der Waals surface area contributed by atoms with Gasteiger partial charge in [-0.1, -0.05) is 18.2 Å². The highest BCUT2D eigenvalue weighted by Gasteiger charge is 2.31. The minimum atomic E-state index is -0.576. The van der Waals surface area contributed by atoms with E-state index in [4.69, 9.17) is 9.47 Å². The van der Waals surface area contributed by atoms with Gasteiger partial charge in [-0.25, -0.2) is 0 Å². The highest BCUT2D eigenvalue weighted by molar-refractivity contribution is 5.56. The van der Waals surface area contributed by atoms with Gasteiger partial charge >= 0.3 is 0 Å². The van der Waals surface area contributed by atoms with Crippen molar-refractivity contribution >= 4 is 5.69 Å². The number of hydrogen-bond donors (Lipinski definition) is 1. The molecule has 0 fully saturated rings. The highest BCUT2D eigenvalue weighted by atomic mass is 16.7. The van der Waals surface area contributed by atoms with Gasteiger partial charge in [0.05, 0.1) is 0 Å². The summed E-state index contributed by atoms with van der Waals surface area (Å²) in [4.78, 5) is 0. The zero-order valence-corrected chi connectivity index (χ0v) is 13.0. The molecule has 0 aromatic heterocycles. The molecule has 0 atom stereocenters. The molecule has 110 valence electrons. The average Bonchev–Trinajstić information content (AvgIpc) is 2.71. The third-order valence-electron chi connectivity index (χ3n) is 3.77. The summed E-state index contributed by atoms with van der Waals surface area (Å²) < 4.78 is 11.5. The summed E-state index contributed by atoms with van der Waals surface area (Å²) >= 11 is 0. The first-order chi connectivity index (χ1) is 9.94. The van der Waals surface area contributed by atoms with Gasteiger partial charge in [0.25, 0.3) is 0 Å². The monoisotopic (exact) mass is 283 g/mol. The molecule has 0 aliphatic carbocycles. The standard InChI is InChI=1S/C18H21NO2/c1-12-6-5-7-13(2)15(12)11-19-14-8-9-16-17(10-14)21-18(3,4)20-16/h5-10,19H,11H2,1-4H3. The molecule has 1 aliphatic heterocycles. The lowest BCUT2D eigenvalue weighted by atomic mass is 10.0. The molecule has 0 saturated carbocycles. The van der Waals surface area contributed by atoms with Crippen LogP contribution in [-0.2, 0) is 6.54 Å². The molecule has 0 bridgehead atoms. The van der Waals surface area contributed by atoms with E-state index < -0.39 is 5.79 Å². The highest BCUT2D eigenvalue weighted by Crippen LogP contribution is 2.40. The molecule has 2 aromatic carbocycles. The van der Waals surface area contributed by atoms with Crippen LogP contribution < -0.4 is 14.8 Å². The number of fused-ring (bicyclic) bond motifs is 1. The van der Waals surface area contributed by atoms with Crippen molar-refractivity contribution in [1.29, 1.82) is 0 Å². The van der Waals surface area contributed by atoms with Crippen molar-refractivity contribution < 1.29 is 9.47 Å². The minimum absolute atomic E-state index is 0.576. The van der Waals surface area contributed by atoms with Gasteiger partial charge in [0, 0.05) is 32.1 Å². The van der Waals surface area contributed by atoms with Crippen molar-refractivity contribution in [2.45, 2.75) is 40.0 Å². The van der Waals surface area contributed by atoms with E-state index in [1.165, 1.54) is 16.7 Å². The summed E-state index contributed by atoms with van der Waals surface area (Å²) in [5.74, 6) is 1.03. The Morgan fingerprint density at radius 2 is 1.62 bits per heavy atom. The molecule has 3 nitrogen and oxygen atoms in total. The fourth-order valence-electron chi connectivity index (χ4n) is 2.65. The SMILES string of the molecule is Cc1cccc(C)c1CNc1ccc2c(c1)OC(C)(C)O2. The molecule has 0 saturated heterocycles. The van der Waals surface area contributed by atoms with E-state index in [0.717, 1.165) is 23.7 Å². The predicted octanol–water partition coefficient (Wildman–Crippen LogP) is 4.42. The van der Waals surface area contributed by atoms with E-state index in [1.807, 2.05) is 32.0 Å². The Bertz CT molecular complexity index is 657. The van der Waals surface area contributed by atoms with Gasteiger partial charge in [-0.3, -0.25) is 0 Å². The smallest absolute Gasteiger partial charge is 0.246 e. The summed E-state index contributed by atoms with van der Waals surface area (Å²) in [5.41, 5.74) is 5.00. The summed E-state index contributed by atoms with van der Waals surface area (Å²) in [5, 5.41) is 3.46. The Morgan fingerprint density at radius 1 is 0.952 bits per heavy atom. The van der Waals surface area contributed by atoms with Crippen molar-refractivity contribution in [3.05, 3.63) is 53.1 Å². The van der Waals surface area contributed by atoms with Crippen LogP contribution in [0.25, 0.3) is 0 Å². The second-order valence-electron chi connectivity index (χ2n) is 5.99. The van der Waals surface area contributed by atoms with Gasteiger partial charge in [-0.15, -0.1) is 0 Å². The molecule has 0 amide bonds. The maximum Gasteiger partial charge on any atom is 0.246 e. The first-order valence-electron chi connectivity index (χ1n) is 7.26. The zero-order valence-electron chi connectivity index (χ0n) is 13.0. The first kappa shape index (κ1) is 13.8.